The molecule has 0 amide bonds. The second-order valence-corrected chi connectivity index (χ2v) is 14.4. The lowest BCUT2D eigenvalue weighted by Gasteiger charge is -2.24. The molecule has 5 heteroatoms. The molecule has 0 spiro atoms. The van der Waals surface area contributed by atoms with E-state index in [1.54, 1.807) is 0 Å². The van der Waals surface area contributed by atoms with Crippen LogP contribution >= 0.6 is 8.58 Å². The molecule has 1 unspecified atom stereocenters. The predicted molar refractivity (Wildman–Crippen MR) is 156 cm³/mol. The van der Waals surface area contributed by atoms with E-state index in [1.807, 2.05) is 13.8 Å². The molecule has 35 heavy (non-hydrogen) atoms. The zero-order valence-corrected chi connectivity index (χ0v) is 25.9. The van der Waals surface area contributed by atoms with Gasteiger partial charge in [-0.1, -0.05) is 98.8 Å². The number of hydrogen-bond donors (Lipinski definition) is 0. The van der Waals surface area contributed by atoms with Gasteiger partial charge in [-0.05, 0) is 68.1 Å². The molecule has 1 aromatic carbocycles. The lowest BCUT2D eigenvalue weighted by atomic mass is 9.88. The van der Waals surface area contributed by atoms with E-state index in [-0.39, 0.29) is 13.5 Å². The van der Waals surface area contributed by atoms with Crippen molar-refractivity contribution in [1.29, 1.82) is 0 Å². The van der Waals surface area contributed by atoms with Crippen molar-refractivity contribution in [3.05, 3.63) is 22.3 Å². The van der Waals surface area contributed by atoms with Crippen molar-refractivity contribution in [1.82, 2.24) is 0 Å². The normalized spacial score (nSPS) is 12.6. The molecule has 3 nitrogen and oxygen atoms in total. The van der Waals surface area contributed by atoms with Crippen LogP contribution in [0.15, 0.2) is 4.90 Å². The molecule has 0 aromatic heterocycles. The number of rotatable bonds is 19. The Labute approximate surface area is 220 Å². The van der Waals surface area contributed by atoms with Gasteiger partial charge >= 0.3 is 0 Å². The minimum atomic E-state index is -4.48. The van der Waals surface area contributed by atoms with Crippen LogP contribution < -0.4 is 5.30 Å². The summed E-state index contributed by atoms with van der Waals surface area (Å²) in [4.78, 5) is 0.0675. The Balaban J connectivity index is 2.75. The quantitative estimate of drug-likeness (QED) is 0.103. The van der Waals surface area contributed by atoms with Gasteiger partial charge in [0.25, 0.3) is 0 Å². The van der Waals surface area contributed by atoms with Crippen LogP contribution in [0.5, 0.6) is 0 Å². The highest BCUT2D eigenvalue weighted by atomic mass is 32.2. The molecule has 0 saturated heterocycles. The Morgan fingerprint density at radius 1 is 0.686 bits per heavy atom. The van der Waals surface area contributed by atoms with Crippen LogP contribution in [0.4, 0.5) is 0 Å². The number of benzene rings is 1. The van der Waals surface area contributed by atoms with Crippen molar-refractivity contribution < 1.29 is 13.0 Å². The molecule has 0 saturated carbocycles. The van der Waals surface area contributed by atoms with Gasteiger partial charge in [0.1, 0.15) is 10.1 Å². The van der Waals surface area contributed by atoms with Gasteiger partial charge < -0.3 is 4.55 Å². The Hall–Kier alpha value is -0.440. The third-order valence-corrected chi connectivity index (χ3v) is 10.1. The Kier molecular flexibility index (Phi) is 16.0. The van der Waals surface area contributed by atoms with Gasteiger partial charge in [0.05, 0.1) is 16.4 Å². The van der Waals surface area contributed by atoms with E-state index in [2.05, 4.69) is 34.6 Å². The zero-order chi connectivity index (χ0) is 26.4. The van der Waals surface area contributed by atoms with Gasteiger partial charge in [-0.2, -0.15) is 0 Å². The fourth-order valence-corrected chi connectivity index (χ4v) is 8.22. The summed E-state index contributed by atoms with van der Waals surface area (Å²) in [5.41, 5.74) is 3.93. The summed E-state index contributed by atoms with van der Waals surface area (Å²) in [6.45, 7) is 14.8. The summed E-state index contributed by atoms with van der Waals surface area (Å²) in [6.07, 6.45) is 19.1. The van der Waals surface area contributed by atoms with Crippen LogP contribution in [0.25, 0.3) is 0 Å². The van der Waals surface area contributed by atoms with E-state index in [9.17, 15) is 13.0 Å². The molecular formula is C30H55O3PS. The Bertz CT molecular complexity index is 844. The van der Waals surface area contributed by atoms with Crippen molar-refractivity contribution >= 4 is 24.0 Å². The topological polar surface area (TPSA) is 57.2 Å². The maximum Gasteiger partial charge on any atom is 0.125 e. The SMILES string of the molecule is CCCCCCCCCCCCCC[PH2+]c1c(C)c(S(=O)(=O)[O-])c(C)c(CC(C)C)c1CC(C)C. The van der Waals surface area contributed by atoms with Crippen molar-refractivity contribution in [2.45, 2.75) is 143 Å². The van der Waals surface area contributed by atoms with Crippen molar-refractivity contribution in [3.8, 4) is 0 Å². The molecule has 0 heterocycles. The molecule has 1 rings (SSSR count). The van der Waals surface area contributed by atoms with Gasteiger partial charge in [0.2, 0.25) is 0 Å². The van der Waals surface area contributed by atoms with Crippen molar-refractivity contribution in [3.63, 3.8) is 0 Å². The van der Waals surface area contributed by atoms with Crippen LogP contribution in [0.3, 0.4) is 0 Å². The average molecular weight is 527 g/mol. The largest absolute Gasteiger partial charge is 0.744 e. The smallest absolute Gasteiger partial charge is 0.125 e. The van der Waals surface area contributed by atoms with Crippen LogP contribution in [0.1, 0.15) is 134 Å². The molecule has 0 aliphatic rings. The first kappa shape index (κ1) is 32.6. The average Bonchev–Trinajstić information content (AvgIpc) is 2.74. The van der Waals surface area contributed by atoms with E-state index in [4.69, 9.17) is 0 Å². The third kappa shape index (κ3) is 12.1. The maximum atomic E-state index is 12.2. The van der Waals surface area contributed by atoms with Crippen LogP contribution in [0.2, 0.25) is 0 Å². The Morgan fingerprint density at radius 3 is 1.54 bits per heavy atom. The summed E-state index contributed by atoms with van der Waals surface area (Å²) < 4.78 is 36.7. The highest BCUT2D eigenvalue weighted by Crippen LogP contribution is 2.33. The second-order valence-electron chi connectivity index (χ2n) is 11.5. The highest BCUT2D eigenvalue weighted by Gasteiger charge is 2.26. The minimum absolute atomic E-state index is 0.0248. The van der Waals surface area contributed by atoms with E-state index < -0.39 is 10.1 Å². The van der Waals surface area contributed by atoms with E-state index in [0.29, 0.717) is 17.4 Å². The predicted octanol–water partition coefficient (Wildman–Crippen LogP) is 8.34. The first-order valence-corrected chi connectivity index (χ1v) is 17.2. The summed E-state index contributed by atoms with van der Waals surface area (Å²) >= 11 is 0. The van der Waals surface area contributed by atoms with Crippen molar-refractivity contribution in [2.24, 2.45) is 11.8 Å². The first-order valence-electron chi connectivity index (χ1n) is 14.4. The molecule has 1 atom stereocenters. The van der Waals surface area contributed by atoms with Gasteiger partial charge in [-0.15, -0.1) is 0 Å². The van der Waals surface area contributed by atoms with Gasteiger partial charge in [-0.3, -0.25) is 0 Å². The minimum Gasteiger partial charge on any atom is -0.744 e. The van der Waals surface area contributed by atoms with Crippen molar-refractivity contribution in [2.75, 3.05) is 6.16 Å². The van der Waals surface area contributed by atoms with Crippen LogP contribution in [0, 0.1) is 25.7 Å². The van der Waals surface area contributed by atoms with Crippen LogP contribution in [-0.4, -0.2) is 19.1 Å². The molecule has 0 aliphatic carbocycles. The summed E-state index contributed by atoms with van der Waals surface area (Å²) in [5.74, 6) is 0.919. The van der Waals surface area contributed by atoms with Crippen LogP contribution in [-0.2, 0) is 23.0 Å². The van der Waals surface area contributed by atoms with Gasteiger partial charge in [-0.25, -0.2) is 8.42 Å². The standard InChI is InChI=1S/C30H55O3PS/c1-8-9-10-11-12-13-14-15-16-17-18-19-20-34-29-26(7)30(35(31,32)33)25(6)27(21-23(2)3)28(29)22-24(4)5/h23-24,34H,8-22H2,1-7H3,(H,31,32,33). The third-order valence-electron chi connectivity index (χ3n) is 7.11. The van der Waals surface area contributed by atoms with E-state index in [1.165, 1.54) is 87.9 Å². The number of unbranched alkanes of at least 4 members (excludes halogenated alkanes) is 11. The molecule has 0 bridgehead atoms. The summed E-state index contributed by atoms with van der Waals surface area (Å²) in [7, 11) is -4.51. The maximum absolute atomic E-state index is 12.2. The van der Waals surface area contributed by atoms with Gasteiger partial charge in [0.15, 0.2) is 0 Å². The molecule has 0 radical (unpaired) electrons. The summed E-state index contributed by atoms with van der Waals surface area (Å²) in [6, 6.07) is 0. The Morgan fingerprint density at radius 2 is 1.11 bits per heavy atom. The lowest BCUT2D eigenvalue weighted by Crippen LogP contribution is -2.22. The van der Waals surface area contributed by atoms with E-state index >= 15 is 0 Å². The monoisotopic (exact) mass is 526 g/mol. The first-order chi connectivity index (χ1) is 16.5. The lowest BCUT2D eigenvalue weighted by molar-refractivity contribution is 0.461. The molecule has 204 valence electrons. The second kappa shape index (κ2) is 17.1. The summed E-state index contributed by atoms with van der Waals surface area (Å²) in [5, 5.41) is 1.22. The molecule has 1 aromatic rings. The van der Waals surface area contributed by atoms with Gasteiger partial charge in [0, 0.05) is 14.1 Å². The fourth-order valence-electron chi connectivity index (χ4n) is 5.36. The fraction of sp³-hybridized carbons (Fsp3) is 0.800. The highest BCUT2D eigenvalue weighted by molar-refractivity contribution is 7.85. The molecular weight excluding hydrogens is 471 g/mol. The van der Waals surface area contributed by atoms with E-state index in [0.717, 1.165) is 30.1 Å². The molecule has 0 fully saturated rings. The number of hydrogen-bond acceptors (Lipinski definition) is 3. The zero-order valence-electron chi connectivity index (χ0n) is 24.0. The molecule has 0 N–H and O–H groups in total. The molecule has 0 aliphatic heterocycles.